The molecule has 0 fully saturated rings. The second-order valence-electron chi connectivity index (χ2n) is 3.06. The average molecular weight is 226 g/mol. The van der Waals surface area contributed by atoms with Crippen LogP contribution in [0.3, 0.4) is 0 Å². The van der Waals surface area contributed by atoms with Crippen LogP contribution in [0.1, 0.15) is 6.42 Å². The maximum atomic E-state index is 10.3. The van der Waals surface area contributed by atoms with Crippen LogP contribution in [0.4, 0.5) is 11.6 Å². The van der Waals surface area contributed by atoms with Crippen LogP contribution in [0, 0.1) is 10.1 Å². The summed E-state index contributed by atoms with van der Waals surface area (Å²) in [6.45, 7) is 0.243. The molecule has 16 heavy (non-hydrogen) atoms. The Kier molecular flexibility index (Phi) is 3.70. The molecule has 0 spiro atoms. The number of hydrogen-bond donors (Lipinski definition) is 1. The van der Waals surface area contributed by atoms with Gasteiger partial charge in [-0.1, -0.05) is 0 Å². The van der Waals surface area contributed by atoms with Crippen LogP contribution in [-0.4, -0.2) is 39.6 Å². The van der Waals surface area contributed by atoms with Gasteiger partial charge in [-0.3, -0.25) is 14.9 Å². The fourth-order valence-corrected chi connectivity index (χ4v) is 0.969. The highest BCUT2D eigenvalue weighted by Gasteiger charge is 2.10. The largest absolute Gasteiger partial charge is 0.481 e. The summed E-state index contributed by atoms with van der Waals surface area (Å²) in [5, 5.41) is 18.8. The molecule has 1 heterocycles. The van der Waals surface area contributed by atoms with Gasteiger partial charge in [-0.2, -0.15) is 0 Å². The Balaban J connectivity index is 2.66. The highest BCUT2D eigenvalue weighted by Crippen LogP contribution is 2.10. The van der Waals surface area contributed by atoms with Gasteiger partial charge in [0, 0.05) is 13.6 Å². The van der Waals surface area contributed by atoms with Crippen molar-refractivity contribution in [2.45, 2.75) is 6.42 Å². The average Bonchev–Trinajstić information content (AvgIpc) is 2.26. The van der Waals surface area contributed by atoms with Gasteiger partial charge in [0.1, 0.15) is 12.4 Å². The van der Waals surface area contributed by atoms with E-state index < -0.39 is 10.9 Å². The fourth-order valence-electron chi connectivity index (χ4n) is 0.969. The lowest BCUT2D eigenvalue weighted by Crippen LogP contribution is -2.22. The third-order valence-corrected chi connectivity index (χ3v) is 1.84. The van der Waals surface area contributed by atoms with Gasteiger partial charge < -0.3 is 10.0 Å². The summed E-state index contributed by atoms with van der Waals surface area (Å²) in [4.78, 5) is 29.1. The number of rotatable bonds is 5. The molecule has 0 aliphatic rings. The van der Waals surface area contributed by atoms with E-state index in [1.54, 1.807) is 7.05 Å². The van der Waals surface area contributed by atoms with Crippen molar-refractivity contribution < 1.29 is 14.8 Å². The van der Waals surface area contributed by atoms with E-state index in [2.05, 4.69) is 9.97 Å². The Morgan fingerprint density at radius 2 is 2.12 bits per heavy atom. The van der Waals surface area contributed by atoms with Crippen LogP contribution in [-0.2, 0) is 4.79 Å². The molecule has 0 aliphatic heterocycles. The quantitative estimate of drug-likeness (QED) is 0.567. The molecule has 0 amide bonds. The van der Waals surface area contributed by atoms with Crippen molar-refractivity contribution in [3.8, 4) is 0 Å². The molecule has 1 rings (SSSR count). The minimum atomic E-state index is -0.922. The SMILES string of the molecule is CN(CCC(=O)O)c1ncc([N+](=O)[O-])cn1. The summed E-state index contributed by atoms with van der Waals surface area (Å²) in [6.07, 6.45) is 2.12. The molecule has 0 saturated carbocycles. The van der Waals surface area contributed by atoms with E-state index in [9.17, 15) is 14.9 Å². The molecule has 86 valence electrons. The van der Waals surface area contributed by atoms with Crippen molar-refractivity contribution in [2.24, 2.45) is 0 Å². The van der Waals surface area contributed by atoms with Gasteiger partial charge >= 0.3 is 11.7 Å². The fraction of sp³-hybridized carbons (Fsp3) is 0.375. The monoisotopic (exact) mass is 226 g/mol. The smallest absolute Gasteiger partial charge is 0.305 e. The van der Waals surface area contributed by atoms with Gasteiger partial charge in [0.15, 0.2) is 0 Å². The molecule has 1 aromatic heterocycles. The zero-order valence-corrected chi connectivity index (χ0v) is 8.53. The lowest BCUT2D eigenvalue weighted by molar-refractivity contribution is -0.385. The Morgan fingerprint density at radius 3 is 2.56 bits per heavy atom. The zero-order valence-electron chi connectivity index (χ0n) is 8.53. The van der Waals surface area contributed by atoms with Crippen LogP contribution in [0.2, 0.25) is 0 Å². The highest BCUT2D eigenvalue weighted by atomic mass is 16.6. The first-order valence-electron chi connectivity index (χ1n) is 4.40. The molecule has 1 aromatic rings. The van der Waals surface area contributed by atoms with Gasteiger partial charge in [0.25, 0.3) is 0 Å². The molecular formula is C8H10N4O4. The second-order valence-corrected chi connectivity index (χ2v) is 3.06. The maximum absolute atomic E-state index is 10.3. The number of carbonyl (C=O) groups is 1. The number of aliphatic carboxylic acids is 1. The number of carboxylic acid groups (broad SMARTS) is 1. The van der Waals surface area contributed by atoms with E-state index in [1.165, 1.54) is 4.90 Å². The zero-order chi connectivity index (χ0) is 12.1. The van der Waals surface area contributed by atoms with Crippen LogP contribution >= 0.6 is 0 Å². The maximum Gasteiger partial charge on any atom is 0.305 e. The number of carboxylic acids is 1. The molecule has 0 unspecified atom stereocenters. The number of nitro groups is 1. The highest BCUT2D eigenvalue weighted by molar-refractivity contribution is 5.67. The topological polar surface area (TPSA) is 109 Å². The van der Waals surface area contributed by atoms with E-state index in [4.69, 9.17) is 5.11 Å². The third kappa shape index (κ3) is 3.15. The summed E-state index contributed by atoms with van der Waals surface area (Å²) in [6, 6.07) is 0. The molecule has 8 heteroatoms. The van der Waals surface area contributed by atoms with Crippen molar-refractivity contribution >= 4 is 17.6 Å². The standard InChI is InChI=1S/C8H10N4O4/c1-11(3-2-7(13)14)8-9-4-6(5-10-8)12(15)16/h4-5H,2-3H2,1H3,(H,13,14). The summed E-state index contributed by atoms with van der Waals surface area (Å²) in [7, 11) is 1.62. The molecule has 0 saturated heterocycles. The van der Waals surface area contributed by atoms with Crippen molar-refractivity contribution in [2.75, 3.05) is 18.5 Å². The minimum absolute atomic E-state index is 0.0448. The Morgan fingerprint density at radius 1 is 1.56 bits per heavy atom. The summed E-state index contributed by atoms with van der Waals surface area (Å²) in [5.41, 5.74) is -0.199. The molecule has 0 bridgehead atoms. The van der Waals surface area contributed by atoms with Crippen LogP contribution in [0.15, 0.2) is 12.4 Å². The Hall–Kier alpha value is -2.25. The lowest BCUT2D eigenvalue weighted by atomic mass is 10.4. The number of hydrogen-bond acceptors (Lipinski definition) is 6. The van der Waals surface area contributed by atoms with Gasteiger partial charge in [0.05, 0.1) is 11.3 Å². The molecule has 0 aromatic carbocycles. The van der Waals surface area contributed by atoms with Gasteiger partial charge in [-0.05, 0) is 0 Å². The van der Waals surface area contributed by atoms with Crippen molar-refractivity contribution in [1.82, 2.24) is 9.97 Å². The molecule has 0 radical (unpaired) electrons. The van der Waals surface area contributed by atoms with Crippen LogP contribution in [0.25, 0.3) is 0 Å². The van der Waals surface area contributed by atoms with Crippen molar-refractivity contribution in [1.29, 1.82) is 0 Å². The number of aromatic nitrogens is 2. The van der Waals surface area contributed by atoms with Crippen LogP contribution < -0.4 is 4.90 Å². The predicted molar refractivity (Wildman–Crippen MR) is 54.2 cm³/mol. The molecule has 8 nitrogen and oxygen atoms in total. The van der Waals surface area contributed by atoms with Gasteiger partial charge in [-0.25, -0.2) is 9.97 Å². The number of anilines is 1. The molecule has 0 atom stereocenters. The van der Waals surface area contributed by atoms with Crippen molar-refractivity contribution in [3.63, 3.8) is 0 Å². The van der Waals surface area contributed by atoms with E-state index in [0.717, 1.165) is 12.4 Å². The summed E-state index contributed by atoms with van der Waals surface area (Å²) < 4.78 is 0. The number of nitrogens with zero attached hydrogens (tertiary/aromatic N) is 4. The van der Waals surface area contributed by atoms with Crippen LogP contribution in [0.5, 0.6) is 0 Å². The van der Waals surface area contributed by atoms with E-state index in [0.29, 0.717) is 0 Å². The van der Waals surface area contributed by atoms with Crippen molar-refractivity contribution in [3.05, 3.63) is 22.5 Å². The Bertz CT molecular complexity index is 392. The molecule has 0 aliphatic carbocycles. The summed E-state index contributed by atoms with van der Waals surface area (Å²) in [5.74, 6) is -0.666. The first-order chi connectivity index (χ1) is 7.50. The molecular weight excluding hydrogens is 216 g/mol. The first-order valence-corrected chi connectivity index (χ1v) is 4.40. The Labute approximate surface area is 90.7 Å². The van der Waals surface area contributed by atoms with E-state index >= 15 is 0 Å². The summed E-state index contributed by atoms with van der Waals surface area (Å²) >= 11 is 0. The molecule has 1 N–H and O–H groups in total. The van der Waals surface area contributed by atoms with Gasteiger partial charge in [-0.15, -0.1) is 0 Å². The predicted octanol–water partition coefficient (Wildman–Crippen LogP) is 0.296. The first kappa shape index (κ1) is 11.8. The normalized spacial score (nSPS) is 9.81. The van der Waals surface area contributed by atoms with E-state index in [1.807, 2.05) is 0 Å². The third-order valence-electron chi connectivity index (χ3n) is 1.84. The minimum Gasteiger partial charge on any atom is -0.481 e. The second kappa shape index (κ2) is 5.01. The van der Waals surface area contributed by atoms with Gasteiger partial charge in [0.2, 0.25) is 5.95 Å². The lowest BCUT2D eigenvalue weighted by Gasteiger charge is -2.14. The van der Waals surface area contributed by atoms with E-state index in [-0.39, 0.29) is 24.6 Å².